The maximum Gasteiger partial charge on any atom is 0.407 e. The van der Waals surface area contributed by atoms with E-state index in [1.54, 1.807) is 12.1 Å². The van der Waals surface area contributed by atoms with E-state index in [0.29, 0.717) is 0 Å². The molecule has 3 atom stereocenters. The number of carbonyl (C=O) groups is 3. The first-order chi connectivity index (χ1) is 19.2. The monoisotopic (exact) mass is 552 g/mol. The van der Waals surface area contributed by atoms with E-state index in [2.05, 4.69) is 5.32 Å². The van der Waals surface area contributed by atoms with Gasteiger partial charge in [0.1, 0.15) is 18.7 Å². The highest BCUT2D eigenvalue weighted by Crippen LogP contribution is 2.44. The summed E-state index contributed by atoms with van der Waals surface area (Å²) in [6.45, 7) is 1.57. The van der Waals surface area contributed by atoms with Gasteiger partial charge in [-0.25, -0.2) is 13.6 Å². The zero-order valence-corrected chi connectivity index (χ0v) is 21.8. The molecule has 0 aromatic heterocycles. The minimum Gasteiger partial charge on any atom is -0.481 e. The predicted molar refractivity (Wildman–Crippen MR) is 143 cm³/mol. The number of fused-ring (bicyclic) bond motifs is 3. The number of alkyl carbamates (subject to hydrolysis) is 1. The second-order valence-corrected chi connectivity index (χ2v) is 9.50. The van der Waals surface area contributed by atoms with Crippen LogP contribution in [-0.4, -0.2) is 54.3 Å². The van der Waals surface area contributed by atoms with Crippen molar-refractivity contribution in [2.45, 2.75) is 50.5 Å². The molecular formula is C30H30F2N2O6. The van der Waals surface area contributed by atoms with Crippen molar-refractivity contribution in [1.82, 2.24) is 10.6 Å². The Hall–Kier alpha value is -4.31. The van der Waals surface area contributed by atoms with Gasteiger partial charge in [-0.05, 0) is 34.7 Å². The largest absolute Gasteiger partial charge is 0.481 e. The third-order valence-corrected chi connectivity index (χ3v) is 6.75. The normalized spacial score (nSPS) is 14.5. The number of ether oxygens (including phenoxy) is 2. The molecule has 0 bridgehead atoms. The van der Waals surface area contributed by atoms with Crippen LogP contribution in [-0.2, 0) is 25.7 Å². The maximum absolute atomic E-state index is 13.4. The number of alkyl halides is 2. The van der Waals surface area contributed by atoms with Crippen molar-refractivity contribution in [2.24, 2.45) is 0 Å². The summed E-state index contributed by atoms with van der Waals surface area (Å²) >= 11 is 0. The number of nitrogens with one attached hydrogen (secondary N) is 2. The van der Waals surface area contributed by atoms with Crippen LogP contribution in [0.25, 0.3) is 11.1 Å². The number of hydrogen-bond acceptors (Lipinski definition) is 5. The fourth-order valence-corrected chi connectivity index (χ4v) is 4.72. The molecule has 0 radical (unpaired) electrons. The highest BCUT2D eigenvalue weighted by Gasteiger charge is 2.34. The Labute approximate surface area is 230 Å². The summed E-state index contributed by atoms with van der Waals surface area (Å²) in [7, 11) is 0. The van der Waals surface area contributed by atoms with Gasteiger partial charge in [0.2, 0.25) is 5.91 Å². The molecule has 0 spiro atoms. The summed E-state index contributed by atoms with van der Waals surface area (Å²) in [5.74, 6) is -2.74. The van der Waals surface area contributed by atoms with Crippen LogP contribution in [0.1, 0.15) is 36.0 Å². The highest BCUT2D eigenvalue weighted by atomic mass is 19.3. The molecule has 3 N–H and O–H groups in total. The maximum atomic E-state index is 13.4. The van der Waals surface area contributed by atoms with Gasteiger partial charge in [-0.1, -0.05) is 78.9 Å². The van der Waals surface area contributed by atoms with Crippen LogP contribution >= 0.6 is 0 Å². The first-order valence-corrected chi connectivity index (χ1v) is 12.8. The summed E-state index contributed by atoms with van der Waals surface area (Å²) < 4.78 is 38.2. The van der Waals surface area contributed by atoms with Gasteiger partial charge in [-0.2, -0.15) is 0 Å². The Morgan fingerprint density at radius 2 is 1.45 bits per heavy atom. The summed E-state index contributed by atoms with van der Waals surface area (Å²) in [6.07, 6.45) is -6.02. The molecule has 3 aromatic rings. The summed E-state index contributed by atoms with van der Waals surface area (Å²) in [4.78, 5) is 37.0. The average Bonchev–Trinajstić information content (AvgIpc) is 3.27. The molecular weight excluding hydrogens is 522 g/mol. The molecule has 0 aliphatic heterocycles. The van der Waals surface area contributed by atoms with Crippen molar-refractivity contribution < 1.29 is 37.7 Å². The molecule has 40 heavy (non-hydrogen) atoms. The van der Waals surface area contributed by atoms with Crippen LogP contribution < -0.4 is 10.6 Å². The van der Waals surface area contributed by atoms with E-state index < -0.39 is 49.0 Å². The Bertz CT molecular complexity index is 1290. The zero-order valence-electron chi connectivity index (χ0n) is 21.8. The molecule has 10 heteroatoms. The molecule has 8 nitrogen and oxygen atoms in total. The van der Waals surface area contributed by atoms with Crippen LogP contribution in [0.15, 0.2) is 78.9 Å². The van der Waals surface area contributed by atoms with Gasteiger partial charge < -0.3 is 25.2 Å². The van der Waals surface area contributed by atoms with Crippen molar-refractivity contribution in [1.29, 1.82) is 0 Å². The van der Waals surface area contributed by atoms with Crippen LogP contribution in [0.2, 0.25) is 0 Å². The number of benzene rings is 3. The van der Waals surface area contributed by atoms with E-state index in [0.717, 1.165) is 27.8 Å². The number of carbonyl (C=O) groups excluding carboxylic acids is 2. The molecule has 0 saturated heterocycles. The summed E-state index contributed by atoms with van der Waals surface area (Å²) in [5.41, 5.74) is 4.89. The highest BCUT2D eigenvalue weighted by molar-refractivity contribution is 5.87. The topological polar surface area (TPSA) is 114 Å². The van der Waals surface area contributed by atoms with E-state index in [-0.39, 0.29) is 19.1 Å². The number of halogens is 2. The summed E-state index contributed by atoms with van der Waals surface area (Å²) in [5, 5.41) is 13.4. The zero-order chi connectivity index (χ0) is 28.6. The Morgan fingerprint density at radius 1 is 0.875 bits per heavy atom. The van der Waals surface area contributed by atoms with Crippen molar-refractivity contribution in [3.05, 3.63) is 95.6 Å². The van der Waals surface area contributed by atoms with Crippen LogP contribution in [0.3, 0.4) is 0 Å². The fourth-order valence-electron chi connectivity index (χ4n) is 4.72. The number of carboxylic acids is 1. The van der Waals surface area contributed by atoms with Crippen molar-refractivity contribution >= 4 is 18.0 Å². The standard InChI is InChI=1S/C30H30F2N2O6/c1-18(39-16-19-9-3-2-4-10-19)27(29(37)33-25(28(31)32)15-26(35)36)34-30(38)40-17-24-22-13-7-5-11-20(22)21-12-6-8-14-23(21)24/h2-14,18,24-25,27-28H,15-17H2,1H3,(H,33,37)(H,34,38)(H,35,36)/t18-,25?,27+/m0/s1. The van der Waals surface area contributed by atoms with E-state index >= 15 is 0 Å². The van der Waals surface area contributed by atoms with Gasteiger partial charge in [0.25, 0.3) is 6.43 Å². The second-order valence-electron chi connectivity index (χ2n) is 9.50. The average molecular weight is 553 g/mol. The van der Waals surface area contributed by atoms with E-state index in [4.69, 9.17) is 14.6 Å². The predicted octanol–water partition coefficient (Wildman–Crippen LogP) is 4.72. The van der Waals surface area contributed by atoms with Gasteiger partial charge in [-0.3, -0.25) is 9.59 Å². The van der Waals surface area contributed by atoms with Crippen LogP contribution in [0.5, 0.6) is 0 Å². The number of amides is 2. The molecule has 1 aliphatic rings. The quantitative estimate of drug-likeness (QED) is 0.300. The fraction of sp³-hybridized carbons (Fsp3) is 0.300. The summed E-state index contributed by atoms with van der Waals surface area (Å²) in [6, 6.07) is 21.3. The molecule has 2 amide bonds. The minimum absolute atomic E-state index is 0.0217. The third kappa shape index (κ3) is 7.01. The second kappa shape index (κ2) is 13.2. The Kier molecular flexibility index (Phi) is 9.44. The number of hydrogen-bond donors (Lipinski definition) is 3. The SMILES string of the molecule is C[C@H](OCc1ccccc1)[C@@H](NC(=O)OCC1c2ccccc2-c2ccccc21)C(=O)NC(CC(=O)O)C(F)F. The van der Waals surface area contributed by atoms with Gasteiger partial charge >= 0.3 is 12.1 Å². The van der Waals surface area contributed by atoms with Crippen molar-refractivity contribution in [3.63, 3.8) is 0 Å². The molecule has 0 fully saturated rings. The molecule has 0 heterocycles. The molecule has 210 valence electrons. The lowest BCUT2D eigenvalue weighted by Crippen LogP contribution is -2.56. The van der Waals surface area contributed by atoms with Crippen LogP contribution in [0.4, 0.5) is 13.6 Å². The Balaban J connectivity index is 1.46. The van der Waals surface area contributed by atoms with Crippen LogP contribution in [0, 0.1) is 0 Å². The number of aliphatic carboxylic acids is 1. The number of carboxylic acid groups (broad SMARTS) is 1. The van der Waals surface area contributed by atoms with Crippen molar-refractivity contribution in [3.8, 4) is 11.1 Å². The van der Waals surface area contributed by atoms with E-state index in [1.807, 2.05) is 72.0 Å². The lowest BCUT2D eigenvalue weighted by Gasteiger charge is -2.27. The lowest BCUT2D eigenvalue weighted by atomic mass is 9.98. The van der Waals surface area contributed by atoms with Gasteiger partial charge in [-0.15, -0.1) is 0 Å². The van der Waals surface area contributed by atoms with E-state index in [1.165, 1.54) is 6.92 Å². The van der Waals surface area contributed by atoms with E-state index in [9.17, 15) is 23.2 Å². The lowest BCUT2D eigenvalue weighted by molar-refractivity contribution is -0.139. The molecule has 3 aromatic carbocycles. The van der Waals surface area contributed by atoms with Gasteiger partial charge in [0.05, 0.1) is 19.1 Å². The molecule has 0 saturated carbocycles. The first kappa shape index (κ1) is 28.7. The Morgan fingerprint density at radius 3 is 2.02 bits per heavy atom. The van der Waals surface area contributed by atoms with Gasteiger partial charge in [0.15, 0.2) is 0 Å². The first-order valence-electron chi connectivity index (χ1n) is 12.8. The third-order valence-electron chi connectivity index (χ3n) is 6.75. The van der Waals surface area contributed by atoms with Gasteiger partial charge in [0, 0.05) is 5.92 Å². The smallest absolute Gasteiger partial charge is 0.407 e. The minimum atomic E-state index is -3.13. The molecule has 1 unspecified atom stereocenters. The molecule has 1 aliphatic carbocycles. The number of rotatable bonds is 12. The van der Waals surface area contributed by atoms with Crippen molar-refractivity contribution in [2.75, 3.05) is 6.61 Å². The molecule has 4 rings (SSSR count).